The molecule has 0 aliphatic carbocycles. The Bertz CT molecular complexity index is 452. The van der Waals surface area contributed by atoms with Crippen LogP contribution in [0.1, 0.15) is 27.2 Å². The van der Waals surface area contributed by atoms with Crippen molar-refractivity contribution in [2.75, 3.05) is 6.61 Å². The second-order valence-electron chi connectivity index (χ2n) is 4.83. The van der Waals surface area contributed by atoms with Gasteiger partial charge in [0.05, 0.1) is 0 Å². The van der Waals surface area contributed by atoms with Crippen LogP contribution in [0.5, 0.6) is 0 Å². The molecule has 0 aromatic heterocycles. The van der Waals surface area contributed by atoms with E-state index in [-0.39, 0.29) is 13.0 Å². The van der Waals surface area contributed by atoms with Crippen LogP contribution in [0.25, 0.3) is 0 Å². The van der Waals surface area contributed by atoms with Crippen molar-refractivity contribution in [2.24, 2.45) is 0 Å². The van der Waals surface area contributed by atoms with Crippen LogP contribution in [0.4, 0.5) is 0 Å². The van der Waals surface area contributed by atoms with Gasteiger partial charge in [-0.15, -0.1) is 0 Å². The van der Waals surface area contributed by atoms with Gasteiger partial charge in [-0.1, -0.05) is 12.7 Å². The van der Waals surface area contributed by atoms with E-state index < -0.39 is 35.6 Å². The van der Waals surface area contributed by atoms with E-state index in [1.54, 1.807) is 0 Å². The van der Waals surface area contributed by atoms with Gasteiger partial charge in [0.1, 0.15) is 18.3 Å². The minimum Gasteiger partial charge on any atom is -0.473 e. The molecular formula is C13H18O9. The molecule has 0 aliphatic rings. The van der Waals surface area contributed by atoms with Crippen LogP contribution >= 0.6 is 0 Å². The lowest BCUT2D eigenvalue weighted by atomic mass is 10.0. The average Bonchev–Trinajstić information content (AvgIpc) is 2.41. The smallest absolute Gasteiger partial charge is 0.449 e. The van der Waals surface area contributed by atoms with Crippen molar-refractivity contribution in [3.05, 3.63) is 12.7 Å². The van der Waals surface area contributed by atoms with Crippen LogP contribution in [0.3, 0.4) is 0 Å². The summed E-state index contributed by atoms with van der Waals surface area (Å²) in [6, 6.07) is 0. The van der Waals surface area contributed by atoms with Crippen LogP contribution in [-0.2, 0) is 38.4 Å². The first-order chi connectivity index (χ1) is 10.1. The van der Waals surface area contributed by atoms with Gasteiger partial charge < -0.3 is 14.6 Å². The zero-order chi connectivity index (χ0) is 17.3. The number of aliphatic carboxylic acids is 1. The van der Waals surface area contributed by atoms with Gasteiger partial charge in [0.25, 0.3) is 0 Å². The second kappa shape index (κ2) is 8.78. The Hall–Kier alpha value is -2.42. The fourth-order valence-electron chi connectivity index (χ4n) is 1.38. The van der Waals surface area contributed by atoms with Gasteiger partial charge in [0.2, 0.25) is 0 Å². The molecule has 0 heterocycles. The third kappa shape index (κ3) is 8.00. The standard InChI is InChI=1S/C13H18O9/c1-5-6-19-11(17)12(18)20-8(2)7-13(3,4)22-21-10(16)9(14)15/h5,8H,1,6-7H2,2-4H3,(H,14,15). The fraction of sp³-hybridized carbons (Fsp3) is 0.538. The Morgan fingerprint density at radius 3 is 2.27 bits per heavy atom. The van der Waals surface area contributed by atoms with Crippen LogP contribution in [0.2, 0.25) is 0 Å². The van der Waals surface area contributed by atoms with Crippen molar-refractivity contribution >= 4 is 23.9 Å². The van der Waals surface area contributed by atoms with Gasteiger partial charge in [0, 0.05) is 6.42 Å². The van der Waals surface area contributed by atoms with E-state index in [1.165, 1.54) is 26.8 Å². The van der Waals surface area contributed by atoms with Gasteiger partial charge in [0.15, 0.2) is 0 Å². The third-order valence-corrected chi connectivity index (χ3v) is 2.10. The molecule has 9 nitrogen and oxygen atoms in total. The summed E-state index contributed by atoms with van der Waals surface area (Å²) >= 11 is 0. The largest absolute Gasteiger partial charge is 0.473 e. The third-order valence-electron chi connectivity index (χ3n) is 2.10. The quantitative estimate of drug-likeness (QED) is 0.233. The first kappa shape index (κ1) is 19.6. The van der Waals surface area contributed by atoms with E-state index in [1.807, 2.05) is 0 Å². The minimum atomic E-state index is -1.81. The molecule has 1 atom stereocenters. The molecule has 22 heavy (non-hydrogen) atoms. The molecule has 0 aliphatic heterocycles. The summed E-state index contributed by atoms with van der Waals surface area (Å²) in [5.74, 6) is -5.73. The summed E-state index contributed by atoms with van der Waals surface area (Å²) in [7, 11) is 0. The first-order valence-electron chi connectivity index (χ1n) is 6.20. The van der Waals surface area contributed by atoms with Crippen LogP contribution < -0.4 is 0 Å². The maximum Gasteiger partial charge on any atom is 0.449 e. The molecule has 0 fully saturated rings. The number of hydrogen-bond acceptors (Lipinski definition) is 8. The minimum absolute atomic E-state index is 0.0282. The van der Waals surface area contributed by atoms with Crippen molar-refractivity contribution in [1.82, 2.24) is 0 Å². The van der Waals surface area contributed by atoms with Gasteiger partial charge >= 0.3 is 23.9 Å². The molecule has 0 rings (SSSR count). The zero-order valence-corrected chi connectivity index (χ0v) is 12.5. The van der Waals surface area contributed by atoms with Crippen LogP contribution in [0, 0.1) is 0 Å². The topological polar surface area (TPSA) is 125 Å². The molecular weight excluding hydrogens is 300 g/mol. The number of carboxylic acids is 1. The molecule has 9 heteroatoms. The number of carbonyl (C=O) groups excluding carboxylic acids is 3. The lowest BCUT2D eigenvalue weighted by Gasteiger charge is -2.25. The van der Waals surface area contributed by atoms with E-state index >= 15 is 0 Å². The highest BCUT2D eigenvalue weighted by Gasteiger charge is 2.30. The number of rotatable bonds is 7. The van der Waals surface area contributed by atoms with Crippen molar-refractivity contribution in [3.8, 4) is 0 Å². The second-order valence-corrected chi connectivity index (χ2v) is 4.83. The van der Waals surface area contributed by atoms with E-state index in [0.29, 0.717) is 0 Å². The molecule has 0 saturated carbocycles. The number of ether oxygens (including phenoxy) is 2. The van der Waals surface area contributed by atoms with Gasteiger partial charge in [-0.05, 0) is 20.8 Å². The highest BCUT2D eigenvalue weighted by atomic mass is 17.2. The summed E-state index contributed by atoms with van der Waals surface area (Å²) in [4.78, 5) is 52.3. The molecule has 0 amide bonds. The highest BCUT2D eigenvalue weighted by Crippen LogP contribution is 2.19. The van der Waals surface area contributed by atoms with E-state index in [4.69, 9.17) is 9.84 Å². The van der Waals surface area contributed by atoms with Crippen molar-refractivity contribution < 1.29 is 43.5 Å². The maximum absolute atomic E-state index is 11.4. The normalized spacial score (nSPS) is 12.0. The Morgan fingerprint density at radius 1 is 1.18 bits per heavy atom. The summed E-state index contributed by atoms with van der Waals surface area (Å²) < 4.78 is 9.31. The van der Waals surface area contributed by atoms with Crippen molar-refractivity contribution in [2.45, 2.75) is 38.9 Å². The predicted molar refractivity (Wildman–Crippen MR) is 70.2 cm³/mol. The Morgan fingerprint density at radius 2 is 1.77 bits per heavy atom. The van der Waals surface area contributed by atoms with Crippen LogP contribution in [-0.4, -0.2) is 47.3 Å². The summed E-state index contributed by atoms with van der Waals surface area (Å²) in [5.41, 5.74) is -1.14. The number of carbonyl (C=O) groups is 4. The van der Waals surface area contributed by atoms with E-state index in [2.05, 4.69) is 21.1 Å². The van der Waals surface area contributed by atoms with Gasteiger partial charge in [-0.25, -0.2) is 19.2 Å². The predicted octanol–water partition coefficient (Wildman–Crippen LogP) is 0.375. The molecule has 0 bridgehead atoms. The van der Waals surface area contributed by atoms with E-state index in [9.17, 15) is 19.2 Å². The molecule has 0 saturated heterocycles. The average molecular weight is 318 g/mol. The highest BCUT2D eigenvalue weighted by molar-refractivity contribution is 6.29. The molecule has 1 unspecified atom stereocenters. The Balaban J connectivity index is 4.32. The lowest BCUT2D eigenvalue weighted by Crippen LogP contribution is -2.34. The zero-order valence-electron chi connectivity index (χ0n) is 12.5. The number of carboxylic acid groups (broad SMARTS) is 1. The molecule has 0 aromatic carbocycles. The summed E-state index contributed by atoms with van der Waals surface area (Å²) in [5, 5.41) is 8.33. The number of esters is 2. The van der Waals surface area contributed by atoms with Crippen LogP contribution in [0.15, 0.2) is 12.7 Å². The molecule has 0 radical (unpaired) electrons. The summed E-state index contributed by atoms with van der Waals surface area (Å²) in [6.45, 7) is 7.62. The molecule has 0 spiro atoms. The Labute approximate surface area is 126 Å². The Kier molecular flexibility index (Phi) is 7.81. The summed E-state index contributed by atoms with van der Waals surface area (Å²) in [6.07, 6.45) is 0.547. The fourth-order valence-corrected chi connectivity index (χ4v) is 1.38. The van der Waals surface area contributed by atoms with Gasteiger partial charge in [-0.2, -0.15) is 4.89 Å². The van der Waals surface area contributed by atoms with E-state index in [0.717, 1.165) is 0 Å². The number of hydrogen-bond donors (Lipinski definition) is 1. The van der Waals surface area contributed by atoms with Crippen molar-refractivity contribution in [3.63, 3.8) is 0 Å². The molecule has 0 aromatic rings. The van der Waals surface area contributed by atoms with Crippen molar-refractivity contribution in [1.29, 1.82) is 0 Å². The monoisotopic (exact) mass is 318 g/mol. The van der Waals surface area contributed by atoms with Gasteiger partial charge in [-0.3, -0.25) is 4.89 Å². The first-order valence-corrected chi connectivity index (χ1v) is 6.20. The molecule has 1 N–H and O–H groups in total. The molecule has 124 valence electrons. The lowest BCUT2D eigenvalue weighted by molar-refractivity contribution is -0.327. The maximum atomic E-state index is 11.4. The SMILES string of the molecule is C=CCOC(=O)C(=O)OC(C)CC(C)(C)OOC(=O)C(=O)O.